The van der Waals surface area contributed by atoms with Gasteiger partial charge < -0.3 is 10.2 Å². The molecule has 1 aliphatic heterocycles. The van der Waals surface area contributed by atoms with E-state index < -0.39 is 0 Å². The van der Waals surface area contributed by atoms with Gasteiger partial charge in [-0.05, 0) is 6.92 Å². The highest BCUT2D eigenvalue weighted by atomic mass is 32.2. The molecule has 1 fully saturated rings. The van der Waals surface area contributed by atoms with Crippen molar-refractivity contribution in [2.75, 3.05) is 18.8 Å². The summed E-state index contributed by atoms with van der Waals surface area (Å²) in [6.45, 7) is 9.20. The van der Waals surface area contributed by atoms with E-state index in [9.17, 15) is 9.59 Å². The number of hydrogen-bond donors (Lipinski definition) is 1. The lowest BCUT2D eigenvalue weighted by atomic mass is 10.2. The summed E-state index contributed by atoms with van der Waals surface area (Å²) in [5, 5.41) is 2.75. The van der Waals surface area contributed by atoms with Crippen LogP contribution < -0.4 is 5.32 Å². The molecule has 0 aromatic heterocycles. The van der Waals surface area contributed by atoms with E-state index in [2.05, 4.69) is 26.1 Å². The summed E-state index contributed by atoms with van der Waals surface area (Å²) in [4.78, 5) is 25.0. The van der Waals surface area contributed by atoms with Gasteiger partial charge in [-0.15, -0.1) is 11.8 Å². The quantitative estimate of drug-likeness (QED) is 0.784. The maximum absolute atomic E-state index is 11.9. The summed E-state index contributed by atoms with van der Waals surface area (Å²) in [6.07, 6.45) is 0. The second kappa shape index (κ2) is 5.08. The zero-order chi connectivity index (χ0) is 12.3. The summed E-state index contributed by atoms with van der Waals surface area (Å²) in [5.41, 5.74) is 0. The molecule has 0 spiro atoms. The zero-order valence-electron chi connectivity index (χ0n) is 10.4. The van der Waals surface area contributed by atoms with Crippen LogP contribution in [0.3, 0.4) is 0 Å². The molecule has 1 atom stereocenters. The summed E-state index contributed by atoms with van der Waals surface area (Å²) in [5.74, 6) is 0.448. The topological polar surface area (TPSA) is 49.4 Å². The molecule has 0 aromatic carbocycles. The summed E-state index contributed by atoms with van der Waals surface area (Å²) < 4.78 is 0.0803. The number of nitrogens with one attached hydrogen (secondary N) is 1. The number of nitrogens with zero attached hydrogens (tertiary/aromatic N) is 1. The van der Waals surface area contributed by atoms with E-state index in [-0.39, 0.29) is 22.6 Å². The van der Waals surface area contributed by atoms with Gasteiger partial charge in [0.15, 0.2) is 0 Å². The van der Waals surface area contributed by atoms with Crippen LogP contribution in [0.25, 0.3) is 0 Å². The number of thioether (sulfide) groups is 1. The normalized spacial score (nSPS) is 21.9. The molecule has 1 rings (SSSR count). The van der Waals surface area contributed by atoms with Crippen LogP contribution in [0.15, 0.2) is 0 Å². The van der Waals surface area contributed by atoms with Gasteiger partial charge in [0.1, 0.15) is 6.04 Å². The predicted octanol–water partition coefficient (Wildman–Crippen LogP) is 0.865. The third-order valence-corrected chi connectivity index (χ3v) is 3.71. The van der Waals surface area contributed by atoms with Crippen molar-refractivity contribution in [1.29, 1.82) is 0 Å². The number of carbonyl (C=O) groups excluding carboxylic acids is 2. The summed E-state index contributed by atoms with van der Waals surface area (Å²) in [6, 6.07) is -0.332. The lowest BCUT2D eigenvalue weighted by molar-refractivity contribution is -0.140. The second-order valence-electron chi connectivity index (χ2n) is 4.96. The van der Waals surface area contributed by atoms with Gasteiger partial charge in [0.25, 0.3) is 0 Å². The zero-order valence-corrected chi connectivity index (χ0v) is 11.2. The van der Waals surface area contributed by atoms with Gasteiger partial charge in [0.05, 0.1) is 5.75 Å². The van der Waals surface area contributed by atoms with Gasteiger partial charge in [-0.2, -0.15) is 0 Å². The Labute approximate surface area is 101 Å². The van der Waals surface area contributed by atoms with Crippen molar-refractivity contribution >= 4 is 23.6 Å². The molecule has 4 nitrogen and oxygen atoms in total. The first-order chi connectivity index (χ1) is 7.31. The molecule has 0 radical (unpaired) electrons. The maximum Gasteiger partial charge on any atom is 0.242 e. The predicted molar refractivity (Wildman–Crippen MR) is 66.4 cm³/mol. The summed E-state index contributed by atoms with van der Waals surface area (Å²) >= 11 is 1.62. The molecular weight excluding hydrogens is 224 g/mol. The average Bonchev–Trinajstić information content (AvgIpc) is 2.17. The fourth-order valence-electron chi connectivity index (χ4n) is 1.48. The third-order valence-electron chi connectivity index (χ3n) is 2.45. The van der Waals surface area contributed by atoms with Crippen molar-refractivity contribution in [3.63, 3.8) is 0 Å². The van der Waals surface area contributed by atoms with Gasteiger partial charge >= 0.3 is 0 Å². The van der Waals surface area contributed by atoms with Crippen LogP contribution in [0, 0.1) is 0 Å². The molecule has 1 heterocycles. The van der Waals surface area contributed by atoms with Crippen LogP contribution in [-0.2, 0) is 9.59 Å². The minimum atomic E-state index is -0.332. The van der Waals surface area contributed by atoms with Crippen molar-refractivity contribution < 1.29 is 9.59 Å². The summed E-state index contributed by atoms with van der Waals surface area (Å²) in [7, 11) is 0. The minimum absolute atomic E-state index is 0.0552. The molecule has 1 aliphatic rings. The molecule has 0 bridgehead atoms. The van der Waals surface area contributed by atoms with Crippen molar-refractivity contribution in [3.05, 3.63) is 0 Å². The SMILES string of the molecule is CC1C(=O)NCCN1C(=O)CSC(C)(C)C. The molecular formula is C11H20N2O2S. The number of carbonyl (C=O) groups is 2. The molecule has 0 aromatic rings. The van der Waals surface area contributed by atoms with E-state index in [0.29, 0.717) is 18.8 Å². The van der Waals surface area contributed by atoms with E-state index in [1.54, 1.807) is 23.6 Å². The Bertz CT molecular complexity index is 286. The van der Waals surface area contributed by atoms with Crippen molar-refractivity contribution in [3.8, 4) is 0 Å². The first kappa shape index (κ1) is 13.4. The second-order valence-corrected chi connectivity index (χ2v) is 6.76. The fourth-order valence-corrected chi connectivity index (χ4v) is 2.21. The number of hydrogen-bond acceptors (Lipinski definition) is 3. The van der Waals surface area contributed by atoms with Gasteiger partial charge in [-0.3, -0.25) is 9.59 Å². The van der Waals surface area contributed by atoms with E-state index in [0.717, 1.165) is 0 Å². The highest BCUT2D eigenvalue weighted by Crippen LogP contribution is 2.23. The van der Waals surface area contributed by atoms with Crippen molar-refractivity contribution in [2.24, 2.45) is 0 Å². The van der Waals surface area contributed by atoms with Crippen LogP contribution in [0.5, 0.6) is 0 Å². The van der Waals surface area contributed by atoms with Crippen molar-refractivity contribution in [2.45, 2.75) is 38.5 Å². The highest BCUT2D eigenvalue weighted by Gasteiger charge is 2.29. The van der Waals surface area contributed by atoms with Crippen LogP contribution in [-0.4, -0.2) is 46.3 Å². The Balaban J connectivity index is 2.50. The number of piperazine rings is 1. The van der Waals surface area contributed by atoms with Crippen LogP contribution in [0.2, 0.25) is 0 Å². The van der Waals surface area contributed by atoms with Crippen LogP contribution in [0.4, 0.5) is 0 Å². The average molecular weight is 244 g/mol. The Morgan fingerprint density at radius 3 is 2.75 bits per heavy atom. The Hall–Kier alpha value is -0.710. The molecule has 16 heavy (non-hydrogen) atoms. The highest BCUT2D eigenvalue weighted by molar-refractivity contribution is 8.01. The standard InChI is InChI=1S/C11H20N2O2S/c1-8-10(15)12-5-6-13(8)9(14)7-16-11(2,3)4/h8H,5-7H2,1-4H3,(H,12,15). The minimum Gasteiger partial charge on any atom is -0.353 e. The van der Waals surface area contributed by atoms with E-state index in [1.165, 1.54) is 0 Å². The smallest absolute Gasteiger partial charge is 0.242 e. The Kier molecular flexibility index (Phi) is 4.24. The lowest BCUT2D eigenvalue weighted by Gasteiger charge is -2.33. The van der Waals surface area contributed by atoms with Crippen molar-refractivity contribution in [1.82, 2.24) is 10.2 Å². The van der Waals surface area contributed by atoms with E-state index >= 15 is 0 Å². The van der Waals surface area contributed by atoms with E-state index in [1.807, 2.05) is 0 Å². The monoisotopic (exact) mass is 244 g/mol. The number of amides is 2. The Morgan fingerprint density at radius 1 is 1.56 bits per heavy atom. The van der Waals surface area contributed by atoms with Crippen LogP contribution in [0.1, 0.15) is 27.7 Å². The molecule has 0 aliphatic carbocycles. The van der Waals surface area contributed by atoms with Gasteiger partial charge in [-0.25, -0.2) is 0 Å². The molecule has 2 amide bonds. The molecule has 0 saturated carbocycles. The third kappa shape index (κ3) is 3.70. The lowest BCUT2D eigenvalue weighted by Crippen LogP contribution is -2.56. The Morgan fingerprint density at radius 2 is 2.19 bits per heavy atom. The van der Waals surface area contributed by atoms with Gasteiger partial charge in [0.2, 0.25) is 11.8 Å². The maximum atomic E-state index is 11.9. The molecule has 5 heteroatoms. The fraction of sp³-hybridized carbons (Fsp3) is 0.818. The van der Waals surface area contributed by atoms with Gasteiger partial charge in [-0.1, -0.05) is 20.8 Å². The number of rotatable bonds is 2. The first-order valence-corrected chi connectivity index (χ1v) is 6.51. The van der Waals surface area contributed by atoms with Crippen LogP contribution >= 0.6 is 11.8 Å². The van der Waals surface area contributed by atoms with Gasteiger partial charge in [0, 0.05) is 17.8 Å². The molecule has 1 saturated heterocycles. The largest absolute Gasteiger partial charge is 0.353 e. The molecule has 1 unspecified atom stereocenters. The van der Waals surface area contributed by atoms with E-state index in [4.69, 9.17) is 0 Å². The molecule has 92 valence electrons. The molecule has 1 N–H and O–H groups in total. The first-order valence-electron chi connectivity index (χ1n) is 5.52.